The van der Waals surface area contributed by atoms with E-state index in [0.717, 1.165) is 25.8 Å². The van der Waals surface area contributed by atoms with Gasteiger partial charge in [-0.2, -0.15) is 0 Å². The van der Waals surface area contributed by atoms with Gasteiger partial charge in [-0.15, -0.1) is 0 Å². The summed E-state index contributed by atoms with van der Waals surface area (Å²) in [6.07, 6.45) is 3.03. The van der Waals surface area contributed by atoms with Gasteiger partial charge >= 0.3 is 0 Å². The molecule has 0 radical (unpaired) electrons. The van der Waals surface area contributed by atoms with Crippen molar-refractivity contribution >= 4 is 9.84 Å². The Balaban J connectivity index is 2.54. The molecule has 1 aliphatic heterocycles. The van der Waals surface area contributed by atoms with Gasteiger partial charge in [0.1, 0.15) is 0 Å². The van der Waals surface area contributed by atoms with Crippen molar-refractivity contribution < 1.29 is 13.5 Å². The topological polar surface area (TPSA) is 57.6 Å². The predicted octanol–water partition coefficient (Wildman–Crippen LogP) is 0.904. The zero-order valence-electron chi connectivity index (χ0n) is 10.9. The highest BCUT2D eigenvalue weighted by Gasteiger charge is 2.32. The first-order valence-electron chi connectivity index (χ1n) is 6.54. The largest absolute Gasteiger partial charge is 0.395 e. The maximum absolute atomic E-state index is 11.5. The Hall–Kier alpha value is -0.130. The zero-order valence-corrected chi connectivity index (χ0v) is 11.7. The quantitative estimate of drug-likeness (QED) is 0.741. The van der Waals surface area contributed by atoms with E-state index >= 15 is 0 Å². The molecule has 1 heterocycles. The minimum absolute atomic E-state index is 0.107. The molecule has 0 aromatic rings. The van der Waals surface area contributed by atoms with Crippen molar-refractivity contribution in [3.8, 4) is 0 Å². The number of aliphatic hydroxyl groups excluding tert-OH is 1. The standard InChI is InChI=1S/C12H25NO3S/c1-3-4-11(2)9-13(6-7-14)12-5-8-17(15,16)10-12/h11-12,14H,3-10H2,1-2H3. The van der Waals surface area contributed by atoms with Crippen molar-refractivity contribution in [1.29, 1.82) is 0 Å². The average Bonchev–Trinajstić information content (AvgIpc) is 2.58. The molecular weight excluding hydrogens is 238 g/mol. The van der Waals surface area contributed by atoms with E-state index in [-0.39, 0.29) is 18.4 Å². The van der Waals surface area contributed by atoms with Crippen LogP contribution in [0.15, 0.2) is 0 Å². The Bertz CT molecular complexity index is 316. The van der Waals surface area contributed by atoms with Crippen molar-refractivity contribution in [2.75, 3.05) is 31.2 Å². The fourth-order valence-corrected chi connectivity index (χ4v) is 4.36. The van der Waals surface area contributed by atoms with Gasteiger partial charge < -0.3 is 5.11 Å². The summed E-state index contributed by atoms with van der Waals surface area (Å²) in [5.41, 5.74) is 0. The highest BCUT2D eigenvalue weighted by atomic mass is 32.2. The van der Waals surface area contributed by atoms with Gasteiger partial charge in [-0.05, 0) is 18.8 Å². The second-order valence-electron chi connectivity index (χ2n) is 5.17. The number of hydrogen-bond acceptors (Lipinski definition) is 4. The molecule has 1 saturated heterocycles. The minimum atomic E-state index is -2.83. The predicted molar refractivity (Wildman–Crippen MR) is 69.8 cm³/mol. The Kier molecular flexibility index (Phi) is 5.89. The lowest BCUT2D eigenvalue weighted by Gasteiger charge is -2.29. The number of aliphatic hydroxyl groups is 1. The van der Waals surface area contributed by atoms with Gasteiger partial charge in [0, 0.05) is 19.1 Å². The molecular formula is C12H25NO3S. The third kappa shape index (κ3) is 4.94. The van der Waals surface area contributed by atoms with Gasteiger partial charge in [-0.3, -0.25) is 4.90 Å². The Morgan fingerprint density at radius 1 is 1.47 bits per heavy atom. The molecule has 0 aliphatic carbocycles. The van der Waals surface area contributed by atoms with E-state index in [1.165, 1.54) is 0 Å². The molecule has 1 aliphatic rings. The van der Waals surface area contributed by atoms with Crippen LogP contribution in [0.2, 0.25) is 0 Å². The average molecular weight is 263 g/mol. The molecule has 0 spiro atoms. The fourth-order valence-electron chi connectivity index (χ4n) is 2.60. The summed E-state index contributed by atoms with van der Waals surface area (Å²) in [5, 5.41) is 9.08. The van der Waals surface area contributed by atoms with Crippen LogP contribution in [0.25, 0.3) is 0 Å². The normalized spacial score (nSPS) is 25.3. The van der Waals surface area contributed by atoms with Crippen LogP contribution >= 0.6 is 0 Å². The summed E-state index contributed by atoms with van der Waals surface area (Å²) in [5.74, 6) is 1.14. The van der Waals surface area contributed by atoms with Gasteiger partial charge in [-0.1, -0.05) is 20.3 Å². The maximum Gasteiger partial charge on any atom is 0.151 e. The lowest BCUT2D eigenvalue weighted by atomic mass is 10.0. The molecule has 2 unspecified atom stereocenters. The van der Waals surface area contributed by atoms with Crippen LogP contribution in [0.3, 0.4) is 0 Å². The molecule has 0 saturated carbocycles. The third-order valence-corrected chi connectivity index (χ3v) is 5.19. The molecule has 5 heteroatoms. The molecule has 17 heavy (non-hydrogen) atoms. The first-order chi connectivity index (χ1) is 7.98. The van der Waals surface area contributed by atoms with Crippen LogP contribution < -0.4 is 0 Å². The summed E-state index contributed by atoms with van der Waals surface area (Å²) in [6.45, 7) is 5.95. The van der Waals surface area contributed by atoms with Gasteiger partial charge in [0.25, 0.3) is 0 Å². The minimum Gasteiger partial charge on any atom is -0.395 e. The van der Waals surface area contributed by atoms with Gasteiger partial charge in [0.05, 0.1) is 18.1 Å². The van der Waals surface area contributed by atoms with Crippen molar-refractivity contribution in [2.45, 2.75) is 39.2 Å². The highest BCUT2D eigenvalue weighted by molar-refractivity contribution is 7.91. The number of nitrogens with zero attached hydrogens (tertiary/aromatic N) is 1. The van der Waals surface area contributed by atoms with E-state index in [1.54, 1.807) is 0 Å². The van der Waals surface area contributed by atoms with Crippen molar-refractivity contribution in [2.24, 2.45) is 5.92 Å². The smallest absolute Gasteiger partial charge is 0.151 e. The fraction of sp³-hybridized carbons (Fsp3) is 1.00. The van der Waals surface area contributed by atoms with Crippen LogP contribution in [0.1, 0.15) is 33.1 Å². The number of hydrogen-bond donors (Lipinski definition) is 1. The molecule has 4 nitrogen and oxygen atoms in total. The number of rotatable bonds is 7. The van der Waals surface area contributed by atoms with Gasteiger partial charge in [-0.25, -0.2) is 8.42 Å². The molecule has 1 fully saturated rings. The molecule has 102 valence electrons. The van der Waals surface area contributed by atoms with Crippen molar-refractivity contribution in [3.63, 3.8) is 0 Å². The van der Waals surface area contributed by atoms with Crippen LogP contribution in [0.5, 0.6) is 0 Å². The lowest BCUT2D eigenvalue weighted by Crippen LogP contribution is -2.41. The summed E-state index contributed by atoms with van der Waals surface area (Å²) in [6, 6.07) is 0.117. The summed E-state index contributed by atoms with van der Waals surface area (Å²) in [4.78, 5) is 2.16. The van der Waals surface area contributed by atoms with Crippen molar-refractivity contribution in [3.05, 3.63) is 0 Å². The second kappa shape index (κ2) is 6.71. The molecule has 1 rings (SSSR count). The molecule has 0 bridgehead atoms. The van der Waals surface area contributed by atoms with Crippen LogP contribution in [0.4, 0.5) is 0 Å². The van der Waals surface area contributed by atoms with E-state index in [1.807, 2.05) is 0 Å². The van der Waals surface area contributed by atoms with E-state index < -0.39 is 9.84 Å². The van der Waals surface area contributed by atoms with E-state index in [2.05, 4.69) is 18.7 Å². The SMILES string of the molecule is CCCC(C)CN(CCO)C1CCS(=O)(=O)C1. The third-order valence-electron chi connectivity index (χ3n) is 3.44. The monoisotopic (exact) mass is 263 g/mol. The van der Waals surface area contributed by atoms with Gasteiger partial charge in [0.2, 0.25) is 0 Å². The van der Waals surface area contributed by atoms with E-state index in [4.69, 9.17) is 5.11 Å². The van der Waals surface area contributed by atoms with Gasteiger partial charge in [0.15, 0.2) is 9.84 Å². The zero-order chi connectivity index (χ0) is 12.9. The summed E-state index contributed by atoms with van der Waals surface area (Å²) < 4.78 is 22.9. The lowest BCUT2D eigenvalue weighted by molar-refractivity contribution is 0.140. The molecule has 0 aromatic carbocycles. The Morgan fingerprint density at radius 2 is 2.18 bits per heavy atom. The Morgan fingerprint density at radius 3 is 2.65 bits per heavy atom. The molecule has 2 atom stereocenters. The Labute approximate surface area is 105 Å². The number of sulfone groups is 1. The first kappa shape index (κ1) is 14.9. The van der Waals surface area contributed by atoms with E-state index in [9.17, 15) is 8.42 Å². The van der Waals surface area contributed by atoms with Crippen molar-refractivity contribution in [1.82, 2.24) is 4.90 Å². The molecule has 0 amide bonds. The first-order valence-corrected chi connectivity index (χ1v) is 8.36. The van der Waals surface area contributed by atoms with E-state index in [0.29, 0.717) is 18.2 Å². The molecule has 1 N–H and O–H groups in total. The highest BCUT2D eigenvalue weighted by Crippen LogP contribution is 2.19. The molecule has 0 aromatic heterocycles. The van der Waals surface area contributed by atoms with Crippen LogP contribution in [-0.2, 0) is 9.84 Å². The van der Waals surface area contributed by atoms with Crippen LogP contribution in [0, 0.1) is 5.92 Å². The maximum atomic E-state index is 11.5. The van der Waals surface area contributed by atoms with Crippen LogP contribution in [-0.4, -0.2) is 55.7 Å². The summed E-state index contributed by atoms with van der Waals surface area (Å²) >= 11 is 0. The summed E-state index contributed by atoms with van der Waals surface area (Å²) in [7, 11) is -2.83. The second-order valence-corrected chi connectivity index (χ2v) is 7.40.